The smallest absolute Gasteiger partial charge is 0.279 e. The van der Waals surface area contributed by atoms with Crippen LogP contribution in [0.2, 0.25) is 5.02 Å². The van der Waals surface area contributed by atoms with E-state index in [0.29, 0.717) is 23.0 Å². The van der Waals surface area contributed by atoms with Gasteiger partial charge in [-0.3, -0.25) is 4.79 Å². The Morgan fingerprint density at radius 3 is 2.71 bits per heavy atom. The first kappa shape index (κ1) is 18.0. The summed E-state index contributed by atoms with van der Waals surface area (Å²) >= 11 is 5.97. The van der Waals surface area contributed by atoms with Gasteiger partial charge < -0.3 is 15.0 Å². The van der Waals surface area contributed by atoms with E-state index < -0.39 is 0 Å². The standard InChI is InChI=1S/C19H21ClN2O2/c1-22(12-6-9-15-7-4-3-5-8-15)14-19(23)21-17-13-16(20)10-11-18(17)24-2/h3-11,13H,12,14H2,1-2H3,(H,21,23)/p+1/b9-6+. The number of amides is 1. The number of anilines is 1. The summed E-state index contributed by atoms with van der Waals surface area (Å²) in [6.07, 6.45) is 4.12. The van der Waals surface area contributed by atoms with E-state index in [-0.39, 0.29) is 5.91 Å². The molecule has 0 radical (unpaired) electrons. The molecule has 1 atom stereocenters. The molecule has 5 heteroatoms. The Bertz CT molecular complexity index is 702. The number of carbonyl (C=O) groups is 1. The first-order valence-electron chi connectivity index (χ1n) is 7.75. The van der Waals surface area contributed by atoms with Crippen LogP contribution in [0, 0.1) is 0 Å². The van der Waals surface area contributed by atoms with E-state index in [4.69, 9.17) is 16.3 Å². The second-order valence-electron chi connectivity index (χ2n) is 5.54. The lowest BCUT2D eigenvalue weighted by Gasteiger charge is -2.13. The SMILES string of the molecule is COc1ccc(Cl)cc1NC(=O)C[NH+](C)C/C=C/c1ccccc1. The Kier molecular flexibility index (Phi) is 6.85. The molecular formula is C19H22ClN2O2+. The first-order chi connectivity index (χ1) is 11.6. The van der Waals surface area contributed by atoms with Crippen LogP contribution in [0.4, 0.5) is 5.69 Å². The van der Waals surface area contributed by atoms with Gasteiger partial charge in [0, 0.05) is 5.02 Å². The highest BCUT2D eigenvalue weighted by Gasteiger charge is 2.12. The summed E-state index contributed by atoms with van der Waals surface area (Å²) in [4.78, 5) is 13.3. The molecule has 2 N–H and O–H groups in total. The van der Waals surface area contributed by atoms with Crippen LogP contribution in [0.15, 0.2) is 54.6 Å². The number of quaternary nitrogens is 1. The van der Waals surface area contributed by atoms with Crippen LogP contribution in [-0.2, 0) is 4.79 Å². The number of carbonyl (C=O) groups excluding carboxylic acids is 1. The second kappa shape index (κ2) is 9.11. The fourth-order valence-electron chi connectivity index (χ4n) is 2.28. The molecule has 1 unspecified atom stereocenters. The molecule has 126 valence electrons. The molecule has 24 heavy (non-hydrogen) atoms. The lowest BCUT2D eigenvalue weighted by molar-refractivity contribution is -0.864. The number of methoxy groups -OCH3 is 1. The van der Waals surface area contributed by atoms with E-state index >= 15 is 0 Å². The predicted molar refractivity (Wildman–Crippen MR) is 98.7 cm³/mol. The number of nitrogens with one attached hydrogen (secondary N) is 2. The molecule has 4 nitrogen and oxygen atoms in total. The quantitative estimate of drug-likeness (QED) is 0.809. The topological polar surface area (TPSA) is 42.8 Å². The predicted octanol–water partition coefficient (Wildman–Crippen LogP) is 2.52. The molecule has 0 aliphatic heterocycles. The van der Waals surface area contributed by atoms with Gasteiger partial charge in [0.2, 0.25) is 0 Å². The molecule has 0 aliphatic rings. The van der Waals surface area contributed by atoms with E-state index in [1.807, 2.05) is 37.4 Å². The summed E-state index contributed by atoms with van der Waals surface area (Å²) < 4.78 is 5.23. The molecule has 0 fully saturated rings. The Morgan fingerprint density at radius 2 is 2.00 bits per heavy atom. The summed E-state index contributed by atoms with van der Waals surface area (Å²) in [5, 5.41) is 3.40. The average Bonchev–Trinajstić information content (AvgIpc) is 2.56. The highest BCUT2D eigenvalue weighted by atomic mass is 35.5. The average molecular weight is 346 g/mol. The highest BCUT2D eigenvalue weighted by Crippen LogP contribution is 2.27. The molecule has 1 amide bonds. The van der Waals surface area contributed by atoms with Crippen molar-refractivity contribution in [3.63, 3.8) is 0 Å². The second-order valence-corrected chi connectivity index (χ2v) is 5.98. The molecule has 2 rings (SSSR count). The van der Waals surface area contributed by atoms with Crippen LogP contribution >= 0.6 is 11.6 Å². The minimum atomic E-state index is -0.0822. The maximum atomic E-state index is 12.2. The number of benzene rings is 2. The Hall–Kier alpha value is -2.30. The van der Waals surface area contributed by atoms with Gasteiger partial charge in [0.1, 0.15) is 5.75 Å². The third-order valence-electron chi connectivity index (χ3n) is 3.47. The van der Waals surface area contributed by atoms with Gasteiger partial charge in [0.25, 0.3) is 5.91 Å². The van der Waals surface area contributed by atoms with Crippen molar-refractivity contribution in [3.8, 4) is 5.75 Å². The Balaban J connectivity index is 1.86. The zero-order valence-corrected chi connectivity index (χ0v) is 14.6. The van der Waals surface area contributed by atoms with Gasteiger partial charge in [0.15, 0.2) is 6.54 Å². The van der Waals surface area contributed by atoms with Crippen molar-refractivity contribution < 1.29 is 14.4 Å². The third kappa shape index (κ3) is 5.72. The van der Waals surface area contributed by atoms with Gasteiger partial charge >= 0.3 is 0 Å². The van der Waals surface area contributed by atoms with E-state index in [2.05, 4.69) is 17.5 Å². The molecule has 0 bridgehead atoms. The largest absolute Gasteiger partial charge is 0.495 e. The molecule has 2 aromatic rings. The highest BCUT2D eigenvalue weighted by molar-refractivity contribution is 6.31. The van der Waals surface area contributed by atoms with Crippen LogP contribution in [0.5, 0.6) is 5.75 Å². The summed E-state index contributed by atoms with van der Waals surface area (Å²) in [5.74, 6) is 0.510. The van der Waals surface area contributed by atoms with Crippen LogP contribution < -0.4 is 15.0 Å². The van der Waals surface area contributed by atoms with Crippen molar-refractivity contribution in [2.75, 3.05) is 32.6 Å². The number of likely N-dealkylation sites (N-methyl/N-ethyl adjacent to an activating group) is 1. The van der Waals surface area contributed by atoms with Gasteiger partial charge in [-0.1, -0.05) is 48.0 Å². The van der Waals surface area contributed by atoms with E-state index in [9.17, 15) is 4.79 Å². The maximum absolute atomic E-state index is 12.2. The lowest BCUT2D eigenvalue weighted by Crippen LogP contribution is -3.09. The maximum Gasteiger partial charge on any atom is 0.279 e. The van der Waals surface area contributed by atoms with Gasteiger partial charge in [-0.15, -0.1) is 0 Å². The van der Waals surface area contributed by atoms with Gasteiger partial charge in [-0.05, 0) is 29.8 Å². The first-order valence-corrected chi connectivity index (χ1v) is 8.12. The zero-order chi connectivity index (χ0) is 17.4. The van der Waals surface area contributed by atoms with E-state index in [0.717, 1.165) is 17.0 Å². The van der Waals surface area contributed by atoms with Gasteiger partial charge in [0.05, 0.1) is 26.4 Å². The molecule has 0 heterocycles. The third-order valence-corrected chi connectivity index (χ3v) is 3.71. The summed E-state index contributed by atoms with van der Waals surface area (Å²) in [7, 11) is 3.54. The number of ether oxygens (including phenoxy) is 1. The number of hydrogen-bond donors (Lipinski definition) is 2. The normalized spacial score (nSPS) is 12.1. The van der Waals surface area contributed by atoms with Crippen molar-refractivity contribution in [2.24, 2.45) is 0 Å². The van der Waals surface area contributed by atoms with Crippen molar-refractivity contribution in [1.29, 1.82) is 0 Å². The number of halogens is 1. The minimum Gasteiger partial charge on any atom is -0.495 e. The van der Waals surface area contributed by atoms with Crippen molar-refractivity contribution in [1.82, 2.24) is 0 Å². The van der Waals surface area contributed by atoms with Crippen LogP contribution in [0.25, 0.3) is 6.08 Å². The fourth-order valence-corrected chi connectivity index (χ4v) is 2.45. The molecule has 2 aromatic carbocycles. The fraction of sp³-hybridized carbons (Fsp3) is 0.211. The molecular weight excluding hydrogens is 324 g/mol. The summed E-state index contributed by atoms with van der Waals surface area (Å²) in [6, 6.07) is 15.2. The lowest BCUT2D eigenvalue weighted by atomic mass is 10.2. The molecule has 0 aromatic heterocycles. The van der Waals surface area contributed by atoms with Crippen LogP contribution in [0.3, 0.4) is 0 Å². The molecule has 0 saturated heterocycles. The van der Waals surface area contributed by atoms with Crippen molar-refractivity contribution in [2.45, 2.75) is 0 Å². The Morgan fingerprint density at radius 1 is 1.25 bits per heavy atom. The minimum absolute atomic E-state index is 0.0822. The number of rotatable bonds is 7. The number of hydrogen-bond acceptors (Lipinski definition) is 2. The van der Waals surface area contributed by atoms with Gasteiger partial charge in [-0.25, -0.2) is 0 Å². The van der Waals surface area contributed by atoms with Crippen molar-refractivity contribution in [3.05, 3.63) is 65.2 Å². The molecule has 0 spiro atoms. The van der Waals surface area contributed by atoms with E-state index in [1.165, 1.54) is 0 Å². The molecule has 0 saturated carbocycles. The summed E-state index contributed by atoms with van der Waals surface area (Å²) in [6.45, 7) is 1.11. The van der Waals surface area contributed by atoms with Gasteiger partial charge in [-0.2, -0.15) is 0 Å². The summed E-state index contributed by atoms with van der Waals surface area (Å²) in [5.41, 5.74) is 1.74. The monoisotopic (exact) mass is 345 g/mol. The van der Waals surface area contributed by atoms with Crippen LogP contribution in [-0.4, -0.2) is 33.2 Å². The Labute approximate surface area is 147 Å². The van der Waals surface area contributed by atoms with Crippen LogP contribution in [0.1, 0.15) is 5.56 Å². The van der Waals surface area contributed by atoms with E-state index in [1.54, 1.807) is 25.3 Å². The van der Waals surface area contributed by atoms with Crippen molar-refractivity contribution >= 4 is 29.3 Å². The molecule has 0 aliphatic carbocycles. The zero-order valence-electron chi connectivity index (χ0n) is 13.9.